The molecule has 0 N–H and O–H groups in total. The van der Waals surface area contributed by atoms with Crippen molar-refractivity contribution in [1.29, 1.82) is 0 Å². The van der Waals surface area contributed by atoms with Crippen molar-refractivity contribution in [2.45, 2.75) is 5.20 Å². The van der Waals surface area contributed by atoms with Crippen LogP contribution in [0, 0.1) is 0 Å². The molecule has 0 amide bonds. The van der Waals surface area contributed by atoms with E-state index in [0.29, 0.717) is 0 Å². The molecule has 1 heterocycles. The number of hydrogen-bond acceptors (Lipinski definition) is 3. The molecule has 0 spiro atoms. The first-order valence-corrected chi connectivity index (χ1v) is 3.44. The molecule has 0 bridgehead atoms. The number of rotatable bonds is 0. The van der Waals surface area contributed by atoms with Crippen LogP contribution < -0.4 is 0 Å². The van der Waals surface area contributed by atoms with Crippen LogP contribution in [0.3, 0.4) is 0 Å². The van der Waals surface area contributed by atoms with Gasteiger partial charge in [-0.25, -0.2) is 0 Å². The third kappa shape index (κ3) is 0.819. The zero-order valence-corrected chi connectivity index (χ0v) is 5.27. The van der Waals surface area contributed by atoms with Crippen molar-refractivity contribution < 1.29 is 13.6 Å². The standard InChI is InChI=1S/CH2BrO3P/c2-1-4-6(3)5-1/h1,6H. The second-order valence-electron chi connectivity index (χ2n) is 0.760. The second-order valence-corrected chi connectivity index (χ2v) is 2.48. The molecule has 6 heavy (non-hydrogen) atoms. The van der Waals surface area contributed by atoms with Crippen LogP contribution in [-0.2, 0) is 13.6 Å². The Morgan fingerprint density at radius 2 is 2.17 bits per heavy atom. The lowest BCUT2D eigenvalue weighted by Gasteiger charge is -2.18. The van der Waals surface area contributed by atoms with E-state index in [1.807, 2.05) is 0 Å². The number of hydrogen-bond donors (Lipinski definition) is 0. The van der Waals surface area contributed by atoms with Gasteiger partial charge >= 0.3 is 8.25 Å². The van der Waals surface area contributed by atoms with Gasteiger partial charge in [0.1, 0.15) is 0 Å². The summed E-state index contributed by atoms with van der Waals surface area (Å²) in [5, 5.41) is -0.413. The van der Waals surface area contributed by atoms with E-state index in [-0.39, 0.29) is 0 Å². The Kier molecular flexibility index (Phi) is 1.29. The van der Waals surface area contributed by atoms with Crippen LogP contribution in [0.15, 0.2) is 0 Å². The van der Waals surface area contributed by atoms with E-state index in [0.717, 1.165) is 0 Å². The Balaban J connectivity index is 2.28. The Labute approximate surface area is 43.7 Å². The highest BCUT2D eigenvalue weighted by Crippen LogP contribution is 2.42. The average Bonchev–Trinajstić information content (AvgIpc) is 1.33. The van der Waals surface area contributed by atoms with Crippen LogP contribution in [0.5, 0.6) is 0 Å². The summed E-state index contributed by atoms with van der Waals surface area (Å²) in [6, 6.07) is 0. The van der Waals surface area contributed by atoms with Gasteiger partial charge in [0.25, 0.3) is 0 Å². The molecule has 0 aliphatic carbocycles. The van der Waals surface area contributed by atoms with Crippen LogP contribution in [0.1, 0.15) is 0 Å². The Hall–Kier alpha value is 0.630. The van der Waals surface area contributed by atoms with Gasteiger partial charge in [-0.3, -0.25) is 13.6 Å². The van der Waals surface area contributed by atoms with Crippen molar-refractivity contribution in [3.63, 3.8) is 0 Å². The number of alkyl halides is 1. The lowest BCUT2D eigenvalue weighted by Crippen LogP contribution is -2.10. The summed E-state index contributed by atoms with van der Waals surface area (Å²) < 4.78 is 18.6. The van der Waals surface area contributed by atoms with Gasteiger partial charge in [-0.1, -0.05) is 0 Å². The van der Waals surface area contributed by atoms with Crippen molar-refractivity contribution >= 4 is 24.2 Å². The first kappa shape index (κ1) is 4.78. The summed E-state index contributed by atoms with van der Waals surface area (Å²) in [4.78, 5) is 0. The van der Waals surface area contributed by atoms with E-state index in [1.54, 1.807) is 0 Å². The van der Waals surface area contributed by atoms with Gasteiger partial charge in [-0.15, -0.1) is 0 Å². The maximum atomic E-state index is 9.82. The normalized spacial score (nSPS) is 44.8. The molecule has 1 aliphatic heterocycles. The maximum absolute atomic E-state index is 9.82. The minimum absolute atomic E-state index is 0.413. The highest BCUT2D eigenvalue weighted by atomic mass is 79.9. The predicted octanol–water partition coefficient (Wildman–Crippen LogP) is 1.10. The van der Waals surface area contributed by atoms with Gasteiger partial charge in [0.15, 0.2) is 0 Å². The third-order valence-corrected chi connectivity index (χ3v) is 2.25. The molecular weight excluding hydrogens is 171 g/mol. The van der Waals surface area contributed by atoms with Gasteiger partial charge in [0.05, 0.1) is 0 Å². The van der Waals surface area contributed by atoms with E-state index in [9.17, 15) is 4.57 Å². The molecule has 5 heteroatoms. The molecule has 1 aliphatic rings. The SMILES string of the molecule is O=[PH]1OC(Br)O1. The molecule has 0 aromatic carbocycles. The molecule has 0 radical (unpaired) electrons. The summed E-state index contributed by atoms with van der Waals surface area (Å²) in [5.41, 5.74) is 0. The van der Waals surface area contributed by atoms with E-state index in [1.165, 1.54) is 0 Å². The number of halogens is 1. The van der Waals surface area contributed by atoms with Crippen molar-refractivity contribution in [2.75, 3.05) is 0 Å². The maximum Gasteiger partial charge on any atom is 0.325 e. The summed E-state index contributed by atoms with van der Waals surface area (Å²) >= 11 is 2.88. The van der Waals surface area contributed by atoms with Crippen LogP contribution in [-0.4, -0.2) is 5.20 Å². The highest BCUT2D eigenvalue weighted by molar-refractivity contribution is 9.09. The van der Waals surface area contributed by atoms with Gasteiger partial charge in [0, 0.05) is 0 Å². The lowest BCUT2D eigenvalue weighted by molar-refractivity contribution is 0.000112. The minimum Gasteiger partial charge on any atom is -0.269 e. The zero-order chi connectivity index (χ0) is 4.57. The molecule has 1 fully saturated rings. The fourth-order valence-electron chi connectivity index (χ4n) is 0.160. The highest BCUT2D eigenvalue weighted by Gasteiger charge is 2.22. The third-order valence-electron chi connectivity index (χ3n) is 0.378. The van der Waals surface area contributed by atoms with Gasteiger partial charge in [-0.2, -0.15) is 0 Å². The molecule has 0 atom stereocenters. The molecule has 0 aromatic rings. The second kappa shape index (κ2) is 1.62. The molecule has 1 rings (SSSR count). The van der Waals surface area contributed by atoms with Gasteiger partial charge < -0.3 is 0 Å². The largest absolute Gasteiger partial charge is 0.325 e. The summed E-state index contributed by atoms with van der Waals surface area (Å²) in [5.74, 6) is 0. The quantitative estimate of drug-likeness (QED) is 0.406. The lowest BCUT2D eigenvalue weighted by atomic mass is 11.5. The topological polar surface area (TPSA) is 35.5 Å². The molecule has 0 unspecified atom stereocenters. The van der Waals surface area contributed by atoms with Crippen LogP contribution >= 0.6 is 24.2 Å². The van der Waals surface area contributed by atoms with Crippen molar-refractivity contribution in [3.8, 4) is 0 Å². The average molecular weight is 173 g/mol. The first-order chi connectivity index (χ1) is 2.79. The van der Waals surface area contributed by atoms with Crippen molar-refractivity contribution in [2.24, 2.45) is 0 Å². The molecular formula is CH2BrO3P. The minimum atomic E-state index is -2.04. The smallest absolute Gasteiger partial charge is 0.269 e. The summed E-state index contributed by atoms with van der Waals surface area (Å²) in [6.07, 6.45) is 0. The molecule has 0 saturated carbocycles. The van der Waals surface area contributed by atoms with E-state index in [4.69, 9.17) is 0 Å². The van der Waals surface area contributed by atoms with E-state index < -0.39 is 13.5 Å². The van der Waals surface area contributed by atoms with Crippen LogP contribution in [0.25, 0.3) is 0 Å². The van der Waals surface area contributed by atoms with Crippen molar-refractivity contribution in [3.05, 3.63) is 0 Å². The first-order valence-electron chi connectivity index (χ1n) is 1.30. The predicted molar refractivity (Wildman–Crippen MR) is 23.9 cm³/mol. The Morgan fingerprint density at radius 1 is 1.67 bits per heavy atom. The fourth-order valence-corrected chi connectivity index (χ4v) is 1.40. The van der Waals surface area contributed by atoms with Crippen LogP contribution in [0.4, 0.5) is 0 Å². The Bertz CT molecular complexity index is 74.9. The molecule has 36 valence electrons. The summed E-state index contributed by atoms with van der Waals surface area (Å²) in [6.45, 7) is 0. The van der Waals surface area contributed by atoms with Crippen LogP contribution in [0.2, 0.25) is 0 Å². The molecule has 0 aromatic heterocycles. The van der Waals surface area contributed by atoms with Gasteiger partial charge in [0.2, 0.25) is 5.20 Å². The van der Waals surface area contributed by atoms with E-state index >= 15 is 0 Å². The van der Waals surface area contributed by atoms with E-state index in [2.05, 4.69) is 25.0 Å². The zero-order valence-electron chi connectivity index (χ0n) is 2.68. The van der Waals surface area contributed by atoms with Crippen molar-refractivity contribution in [1.82, 2.24) is 0 Å². The molecule has 3 nitrogen and oxygen atoms in total. The Morgan fingerprint density at radius 3 is 2.17 bits per heavy atom. The summed E-state index contributed by atoms with van der Waals surface area (Å²) in [7, 11) is -2.04. The fraction of sp³-hybridized carbons (Fsp3) is 1.00. The monoisotopic (exact) mass is 172 g/mol. The molecule has 1 saturated heterocycles. The van der Waals surface area contributed by atoms with Gasteiger partial charge in [-0.05, 0) is 15.9 Å².